The molecular formula is C57H49ClCuN2. The van der Waals surface area contributed by atoms with Crippen LogP contribution in [0.15, 0.2) is 194 Å². The van der Waals surface area contributed by atoms with E-state index in [4.69, 9.17) is 0 Å². The van der Waals surface area contributed by atoms with Crippen molar-refractivity contribution in [3.8, 4) is 0 Å². The van der Waals surface area contributed by atoms with E-state index in [9.17, 15) is 0 Å². The molecule has 0 amide bonds. The molecule has 0 saturated heterocycles. The zero-order valence-electron chi connectivity index (χ0n) is 34.9. The molecule has 1 aliphatic carbocycles. The summed E-state index contributed by atoms with van der Waals surface area (Å²) in [6.07, 6.45) is 0. The molecule has 61 heavy (non-hydrogen) atoms. The molecule has 0 N–H and O–H groups in total. The number of halogens is 1. The van der Waals surface area contributed by atoms with Crippen LogP contribution in [0, 0.1) is 6.67 Å². The van der Waals surface area contributed by atoms with Crippen molar-refractivity contribution in [2.75, 3.05) is 9.80 Å². The third kappa shape index (κ3) is 7.29. The number of hydrogen-bond donors (Lipinski definition) is 0. The Kier molecular flexibility index (Phi) is 11.7. The summed E-state index contributed by atoms with van der Waals surface area (Å²) in [5.41, 5.74) is 18.0. The molecule has 0 unspecified atom stereocenters. The predicted molar refractivity (Wildman–Crippen MR) is 255 cm³/mol. The first kappa shape index (κ1) is 40.6. The third-order valence-corrected chi connectivity index (χ3v) is 13.1. The average molecular weight is 861 g/mol. The molecule has 0 bridgehead atoms. The van der Waals surface area contributed by atoms with Gasteiger partial charge in [-0.2, -0.15) is 0 Å². The first-order valence-corrected chi connectivity index (χ1v) is 22.6. The summed E-state index contributed by atoms with van der Waals surface area (Å²) in [7, 11) is 4.20. The maximum atomic E-state index is 4.20. The number of rotatable bonds is 10. The minimum absolute atomic E-state index is 0.152. The van der Waals surface area contributed by atoms with E-state index < -0.39 is 0 Å². The predicted octanol–water partition coefficient (Wildman–Crippen LogP) is 15.4. The van der Waals surface area contributed by atoms with E-state index in [2.05, 4.69) is 263 Å². The van der Waals surface area contributed by atoms with Crippen molar-refractivity contribution in [1.29, 1.82) is 0 Å². The van der Waals surface area contributed by atoms with E-state index in [0.717, 1.165) is 0 Å². The van der Waals surface area contributed by atoms with Crippen LogP contribution in [-0.4, -0.2) is 0 Å². The van der Waals surface area contributed by atoms with Crippen molar-refractivity contribution in [3.05, 3.63) is 256 Å². The molecule has 305 valence electrons. The molecular weight excluding hydrogens is 812 g/mol. The Labute approximate surface area is 374 Å². The fourth-order valence-corrected chi connectivity index (χ4v) is 9.85. The third-order valence-electron chi connectivity index (χ3n) is 13.1. The van der Waals surface area contributed by atoms with Crippen LogP contribution in [0.2, 0.25) is 0 Å². The van der Waals surface area contributed by atoms with Crippen LogP contribution in [0.1, 0.15) is 107 Å². The Hall–Kier alpha value is -5.83. The van der Waals surface area contributed by atoms with E-state index in [1.807, 2.05) is 0 Å². The Morgan fingerprint density at radius 2 is 0.639 bits per heavy atom. The molecule has 0 fully saturated rings. The van der Waals surface area contributed by atoms with E-state index in [1.165, 1.54) is 89.2 Å². The zero-order valence-corrected chi connectivity index (χ0v) is 36.6. The first-order valence-electron chi connectivity index (χ1n) is 21.3. The fourth-order valence-electron chi connectivity index (χ4n) is 9.85. The molecule has 4 heteroatoms. The first-order chi connectivity index (χ1) is 30.0. The normalized spacial score (nSPS) is 14.9. The van der Waals surface area contributed by atoms with Crippen molar-refractivity contribution in [1.82, 2.24) is 0 Å². The average Bonchev–Trinajstić information content (AvgIpc) is 3.89. The van der Waals surface area contributed by atoms with Crippen LogP contribution in [0.4, 0.5) is 11.4 Å². The fraction of sp³-hybridized carbons (Fsp3) is 0.140. The number of nitrogens with zero attached hydrogens (tertiary/aromatic N) is 2. The summed E-state index contributed by atoms with van der Waals surface area (Å²) in [5.74, 6) is 0.608. The summed E-state index contributed by atoms with van der Waals surface area (Å²) >= 11 is 3.66. The minimum atomic E-state index is 0.152. The number of fused-ring (bicyclic) bond motifs is 2. The van der Waals surface area contributed by atoms with E-state index in [-0.39, 0.29) is 23.7 Å². The molecule has 0 radical (unpaired) electrons. The number of para-hydroxylation sites is 2. The second-order valence-corrected chi connectivity index (χ2v) is 16.4. The monoisotopic (exact) mass is 859 g/mol. The van der Waals surface area contributed by atoms with Crippen molar-refractivity contribution >= 4 is 43.6 Å². The van der Waals surface area contributed by atoms with Crippen LogP contribution in [0.3, 0.4) is 0 Å². The quantitative estimate of drug-likeness (QED) is 0.0998. The van der Waals surface area contributed by atoms with Gasteiger partial charge >= 0.3 is 25.2 Å². The second-order valence-electron chi connectivity index (χ2n) is 16.4. The van der Waals surface area contributed by atoms with Crippen molar-refractivity contribution < 1.29 is 15.1 Å². The molecule has 0 saturated carbocycles. The molecule has 8 aromatic rings. The van der Waals surface area contributed by atoms with Gasteiger partial charge in [0.25, 0.3) is 0 Å². The molecule has 10 rings (SSSR count). The van der Waals surface area contributed by atoms with E-state index in [0.29, 0.717) is 0 Å². The van der Waals surface area contributed by atoms with Crippen LogP contribution in [0.25, 0.3) is 22.2 Å². The number of benzene rings is 8. The second kappa shape index (κ2) is 17.6. The molecule has 1 heterocycles. The van der Waals surface area contributed by atoms with Crippen LogP contribution in [-0.2, 0) is 15.1 Å². The van der Waals surface area contributed by atoms with Gasteiger partial charge in [0.05, 0.1) is 0 Å². The van der Waals surface area contributed by atoms with E-state index >= 15 is 0 Å². The van der Waals surface area contributed by atoms with Gasteiger partial charge in [0.2, 0.25) is 0 Å². The molecule has 8 aromatic carbocycles. The van der Waals surface area contributed by atoms with Gasteiger partial charge in [-0.05, 0) is 49.9 Å². The molecule has 0 spiro atoms. The summed E-state index contributed by atoms with van der Waals surface area (Å²) in [5, 5.41) is 2.59. The number of anilines is 2. The molecule has 0 aromatic heterocycles. The van der Waals surface area contributed by atoms with Gasteiger partial charge in [-0.3, -0.25) is 0 Å². The SMILES string of the molecule is C[C@H](c1ccccc1)c1cccc([C@H](C)c2ccccc2)c1N1[CH-]N(c2c([C@H](C)c3ccccc3)cccc2[C@H](C)c2ccccc2)C2=C1c1cccc3cccc2c13.[Cl][Cu+]. The standard InChI is InChI=1S/C57H49N2.ClH.Cu/c1-38(42-21-9-5-10-22-42)47-31-19-32-48(39(2)43-23-11-6-12-24-43)54(47)58-37-59(57-52-36-18-30-46-29-17-35-51(53(46)52)56(57)58)55-49(40(3)44-25-13-7-14-26-44)33-20-34-50(55)41(4)45-27-15-8-16-28-45;;/h5-41H,1-4H3;1H;/q-1;;+2/p-1/t38-,39-,40-,41-;;/m1../s1. The van der Waals surface area contributed by atoms with Gasteiger partial charge in [-0.15, -0.1) is 6.67 Å². The molecule has 4 atom stereocenters. The van der Waals surface area contributed by atoms with Gasteiger partial charge in [0.15, 0.2) is 0 Å². The molecule has 2 aliphatic rings. The van der Waals surface area contributed by atoms with Gasteiger partial charge in [-0.25, -0.2) is 0 Å². The Bertz CT molecular complexity index is 2510. The summed E-state index contributed by atoms with van der Waals surface area (Å²) in [6, 6.07) is 71.7. The molecule has 1 aliphatic heterocycles. The Morgan fingerprint density at radius 3 is 0.934 bits per heavy atom. The Morgan fingerprint density at radius 1 is 0.361 bits per heavy atom. The summed E-state index contributed by atoms with van der Waals surface area (Å²) in [6.45, 7) is 11.9. The maximum absolute atomic E-state index is 4.20. The van der Waals surface area contributed by atoms with E-state index in [1.54, 1.807) is 0 Å². The van der Waals surface area contributed by atoms with Gasteiger partial charge in [-0.1, -0.05) is 222 Å². The van der Waals surface area contributed by atoms with Crippen molar-refractivity contribution in [2.24, 2.45) is 0 Å². The van der Waals surface area contributed by atoms with Crippen LogP contribution >= 0.6 is 10.1 Å². The van der Waals surface area contributed by atoms with Gasteiger partial charge in [0, 0.05) is 63.0 Å². The topological polar surface area (TPSA) is 6.48 Å². The summed E-state index contributed by atoms with van der Waals surface area (Å²) < 4.78 is 0. The Balaban J connectivity index is 0.00000235. The van der Waals surface area contributed by atoms with Crippen molar-refractivity contribution in [3.63, 3.8) is 0 Å². The van der Waals surface area contributed by atoms with Crippen LogP contribution in [0.5, 0.6) is 0 Å². The van der Waals surface area contributed by atoms with Crippen LogP contribution < -0.4 is 9.80 Å². The van der Waals surface area contributed by atoms with Crippen molar-refractivity contribution in [2.45, 2.75) is 51.4 Å². The molecule has 2 nitrogen and oxygen atoms in total. The van der Waals surface area contributed by atoms with Gasteiger partial charge in [0.1, 0.15) is 0 Å². The summed E-state index contributed by atoms with van der Waals surface area (Å²) in [4.78, 5) is 5.16. The number of hydrogen-bond acceptors (Lipinski definition) is 2. The zero-order chi connectivity index (χ0) is 42.0. The van der Waals surface area contributed by atoms with Gasteiger partial charge < -0.3 is 9.80 Å².